The Morgan fingerprint density at radius 2 is 1.62 bits per heavy atom. The Kier molecular flexibility index (Phi) is 6.32. The van der Waals surface area contributed by atoms with Gasteiger partial charge in [-0.05, 0) is 74.7 Å². The van der Waals surface area contributed by atoms with Crippen molar-refractivity contribution in [3.8, 4) is 0 Å². The molecule has 164 valence electrons. The Balaban J connectivity index is 1.75. The van der Waals surface area contributed by atoms with Crippen LogP contribution < -0.4 is 4.90 Å². The summed E-state index contributed by atoms with van der Waals surface area (Å²) in [6.45, 7) is 11.0. The fourth-order valence-electron chi connectivity index (χ4n) is 5.16. The number of benzene rings is 3. The van der Waals surface area contributed by atoms with Crippen LogP contribution in [0.4, 0.5) is 11.4 Å². The van der Waals surface area contributed by atoms with E-state index >= 15 is 0 Å². The van der Waals surface area contributed by atoms with Crippen molar-refractivity contribution in [2.24, 2.45) is 0 Å². The lowest BCUT2D eigenvalue weighted by atomic mass is 9.74. The van der Waals surface area contributed by atoms with Gasteiger partial charge in [0.05, 0.1) is 5.41 Å². The number of hydrogen-bond donors (Lipinski definition) is 0. The van der Waals surface area contributed by atoms with Crippen LogP contribution in [0.2, 0.25) is 0 Å². The predicted octanol–water partition coefficient (Wildman–Crippen LogP) is 7.35. The monoisotopic (exact) mass is 423 g/mol. The van der Waals surface area contributed by atoms with Crippen LogP contribution in [-0.4, -0.2) is 30.4 Å². The molecule has 0 aromatic heterocycles. The van der Waals surface area contributed by atoms with E-state index in [1.54, 1.807) is 0 Å². The summed E-state index contributed by atoms with van der Waals surface area (Å²) in [5, 5.41) is 2.67. The van der Waals surface area contributed by atoms with E-state index in [0.717, 1.165) is 19.5 Å². The van der Waals surface area contributed by atoms with E-state index in [0.29, 0.717) is 0 Å². The average Bonchev–Trinajstić information content (AvgIpc) is 3.04. The molecule has 0 saturated carbocycles. The topological polar surface area (TPSA) is 6.25 Å². The maximum absolute atomic E-state index is 2.39. The zero-order chi connectivity index (χ0) is 22.7. The van der Waals surface area contributed by atoms with E-state index < -0.39 is 0 Å². The minimum absolute atomic E-state index is 0.0743. The van der Waals surface area contributed by atoms with Gasteiger partial charge in [-0.3, -0.25) is 0 Å². The summed E-state index contributed by atoms with van der Waals surface area (Å²) in [6, 6.07) is 22.2. The van der Waals surface area contributed by atoms with Gasteiger partial charge in [0.15, 0.2) is 5.71 Å². The highest BCUT2D eigenvalue weighted by Crippen LogP contribution is 2.46. The quantitative estimate of drug-likeness (QED) is 0.284. The highest BCUT2D eigenvalue weighted by atomic mass is 15.1. The summed E-state index contributed by atoms with van der Waals surface area (Å²) in [7, 11) is 2.21. The van der Waals surface area contributed by atoms with E-state index in [4.69, 9.17) is 0 Å². The van der Waals surface area contributed by atoms with E-state index in [1.165, 1.54) is 39.0 Å². The molecule has 1 aliphatic heterocycles. The lowest BCUT2D eigenvalue weighted by Gasteiger charge is -2.22. The molecule has 2 heteroatoms. The average molecular weight is 424 g/mol. The molecule has 0 N–H and O–H groups in total. The van der Waals surface area contributed by atoms with E-state index in [2.05, 4.69) is 129 Å². The van der Waals surface area contributed by atoms with Crippen molar-refractivity contribution in [3.05, 3.63) is 90.0 Å². The van der Waals surface area contributed by atoms with Crippen molar-refractivity contribution in [1.29, 1.82) is 0 Å². The molecule has 0 fully saturated rings. The van der Waals surface area contributed by atoms with Crippen LogP contribution in [0.5, 0.6) is 0 Å². The number of anilines is 1. The minimum atomic E-state index is -0.0743. The fourth-order valence-corrected chi connectivity index (χ4v) is 5.16. The molecule has 0 spiro atoms. The van der Waals surface area contributed by atoms with Gasteiger partial charge in [-0.15, -0.1) is 0 Å². The van der Waals surface area contributed by atoms with Crippen LogP contribution in [0, 0.1) is 0 Å². The van der Waals surface area contributed by atoms with Crippen molar-refractivity contribution in [2.75, 3.05) is 25.0 Å². The zero-order valence-electron chi connectivity index (χ0n) is 20.1. The smallest absolute Gasteiger partial charge is 0.210 e. The summed E-state index contributed by atoms with van der Waals surface area (Å²) < 4.78 is 2.38. The molecular formula is C30H35N2+. The Labute approximate surface area is 193 Å². The van der Waals surface area contributed by atoms with E-state index in [1.807, 2.05) is 0 Å². The Morgan fingerprint density at radius 3 is 2.31 bits per heavy atom. The standard InChI is InChI=1S/C30H35N2/c1-6-9-22-30(4)28(21-16-23-14-18-25(19-15-23)32(7-2)8-3)31(5)27-20-17-24-12-10-11-13-26(24)29(27)30/h6,9-21H,7-8,22H2,1-5H3/q+1. The molecule has 32 heavy (non-hydrogen) atoms. The normalized spacial score (nSPS) is 18.3. The maximum atomic E-state index is 2.39. The molecule has 2 nitrogen and oxygen atoms in total. The number of nitrogens with zero attached hydrogens (tertiary/aromatic N) is 2. The second-order valence-corrected chi connectivity index (χ2v) is 8.83. The molecule has 3 aromatic rings. The minimum Gasteiger partial charge on any atom is -0.372 e. The van der Waals surface area contributed by atoms with Gasteiger partial charge >= 0.3 is 0 Å². The van der Waals surface area contributed by atoms with E-state index in [9.17, 15) is 0 Å². The molecule has 1 heterocycles. The second-order valence-electron chi connectivity index (χ2n) is 8.83. The molecule has 1 unspecified atom stereocenters. The molecule has 0 amide bonds. The van der Waals surface area contributed by atoms with Crippen molar-refractivity contribution in [3.63, 3.8) is 0 Å². The number of hydrogen-bond acceptors (Lipinski definition) is 1. The fraction of sp³-hybridized carbons (Fsp3) is 0.300. The third-order valence-electron chi connectivity index (χ3n) is 6.96. The summed E-state index contributed by atoms with van der Waals surface area (Å²) in [5.41, 5.74) is 6.54. The van der Waals surface area contributed by atoms with E-state index in [-0.39, 0.29) is 5.41 Å². The summed E-state index contributed by atoms with van der Waals surface area (Å²) in [4.78, 5) is 2.38. The molecule has 1 aliphatic rings. The lowest BCUT2D eigenvalue weighted by molar-refractivity contribution is -0.401. The third-order valence-corrected chi connectivity index (χ3v) is 6.96. The second kappa shape index (κ2) is 9.16. The van der Waals surface area contributed by atoms with Crippen molar-refractivity contribution in [1.82, 2.24) is 0 Å². The first-order chi connectivity index (χ1) is 15.5. The highest BCUT2D eigenvalue weighted by molar-refractivity contribution is 6.09. The Bertz CT molecular complexity index is 1190. The molecule has 3 aromatic carbocycles. The number of rotatable bonds is 7. The SMILES string of the molecule is CC=CCC1(C)C(C=Cc2ccc(N(CC)CC)cc2)=[N+](C)c2ccc3ccccc3c21. The van der Waals surface area contributed by atoms with Crippen LogP contribution in [0.25, 0.3) is 16.8 Å². The number of allylic oxidation sites excluding steroid dienone is 3. The Morgan fingerprint density at radius 1 is 0.906 bits per heavy atom. The Hall–Kier alpha value is -3.13. The van der Waals surface area contributed by atoms with Gasteiger partial charge < -0.3 is 4.90 Å². The van der Waals surface area contributed by atoms with Crippen LogP contribution in [0.3, 0.4) is 0 Å². The summed E-state index contributed by atoms with van der Waals surface area (Å²) in [6.07, 6.45) is 10.0. The van der Waals surface area contributed by atoms with Gasteiger partial charge in [-0.2, -0.15) is 4.58 Å². The first-order valence-corrected chi connectivity index (χ1v) is 11.8. The molecule has 0 bridgehead atoms. The van der Waals surface area contributed by atoms with Gasteiger partial charge in [-0.1, -0.05) is 48.6 Å². The highest BCUT2D eigenvalue weighted by Gasteiger charge is 2.46. The van der Waals surface area contributed by atoms with Crippen molar-refractivity contribution >= 4 is 33.9 Å². The van der Waals surface area contributed by atoms with Crippen molar-refractivity contribution in [2.45, 2.75) is 39.5 Å². The zero-order valence-corrected chi connectivity index (χ0v) is 20.1. The molecule has 0 saturated heterocycles. The van der Waals surface area contributed by atoms with Gasteiger partial charge in [0.1, 0.15) is 7.05 Å². The predicted molar refractivity (Wildman–Crippen MR) is 141 cm³/mol. The van der Waals surface area contributed by atoms with Crippen LogP contribution in [-0.2, 0) is 5.41 Å². The largest absolute Gasteiger partial charge is 0.372 e. The molecule has 0 aliphatic carbocycles. The first-order valence-electron chi connectivity index (χ1n) is 11.8. The van der Waals surface area contributed by atoms with Crippen LogP contribution >= 0.6 is 0 Å². The molecule has 1 atom stereocenters. The third kappa shape index (κ3) is 3.79. The van der Waals surface area contributed by atoms with Crippen molar-refractivity contribution < 1.29 is 4.58 Å². The van der Waals surface area contributed by atoms with Crippen LogP contribution in [0.15, 0.2) is 78.9 Å². The number of fused-ring (bicyclic) bond motifs is 3. The van der Waals surface area contributed by atoms with Crippen LogP contribution in [0.1, 0.15) is 45.2 Å². The first kappa shape index (κ1) is 22.1. The van der Waals surface area contributed by atoms with Gasteiger partial charge in [-0.25, -0.2) is 0 Å². The van der Waals surface area contributed by atoms with Gasteiger partial charge in [0.25, 0.3) is 0 Å². The van der Waals surface area contributed by atoms with Gasteiger partial charge in [0.2, 0.25) is 5.69 Å². The molecule has 4 rings (SSSR count). The molecule has 0 radical (unpaired) electrons. The lowest BCUT2D eigenvalue weighted by Crippen LogP contribution is -2.30. The summed E-state index contributed by atoms with van der Waals surface area (Å²) in [5.74, 6) is 0. The van der Waals surface area contributed by atoms with Gasteiger partial charge in [0, 0.05) is 36.5 Å². The maximum Gasteiger partial charge on any atom is 0.210 e. The summed E-state index contributed by atoms with van der Waals surface area (Å²) >= 11 is 0. The molecular weight excluding hydrogens is 388 g/mol.